The number of hydrogen-bond acceptors (Lipinski definition) is 3. The molecule has 1 rings (SSSR count). The highest BCUT2D eigenvalue weighted by atomic mass is 35.5. The lowest BCUT2D eigenvalue weighted by Crippen LogP contribution is -2.51. The monoisotopic (exact) mass is 355 g/mol. The van der Waals surface area contributed by atoms with E-state index >= 15 is 0 Å². The first-order chi connectivity index (χ1) is 10.7. The fourth-order valence-electron chi connectivity index (χ4n) is 2.36. The summed E-state index contributed by atoms with van der Waals surface area (Å²) in [6.45, 7) is 8.15. The molecule has 1 aromatic rings. The Kier molecular flexibility index (Phi) is 9.63. The van der Waals surface area contributed by atoms with Gasteiger partial charge in [0.05, 0.1) is 5.54 Å². The molecule has 24 heavy (non-hydrogen) atoms. The molecular formula is C18H30ClN3O2. The van der Waals surface area contributed by atoms with Crippen molar-refractivity contribution >= 4 is 29.9 Å². The first-order valence-electron chi connectivity index (χ1n) is 8.20. The average Bonchev–Trinajstić information content (AvgIpc) is 2.44. The van der Waals surface area contributed by atoms with Crippen LogP contribution >= 0.6 is 12.4 Å². The zero-order valence-corrected chi connectivity index (χ0v) is 15.8. The van der Waals surface area contributed by atoms with Crippen molar-refractivity contribution in [3.8, 4) is 0 Å². The van der Waals surface area contributed by atoms with Crippen molar-refractivity contribution in [1.29, 1.82) is 0 Å². The van der Waals surface area contributed by atoms with Crippen LogP contribution in [0.15, 0.2) is 24.3 Å². The van der Waals surface area contributed by atoms with Crippen molar-refractivity contribution in [2.45, 2.75) is 59.0 Å². The Morgan fingerprint density at radius 2 is 1.96 bits per heavy atom. The Labute approximate surface area is 151 Å². The number of carbonyl (C=O) groups is 2. The Morgan fingerprint density at radius 1 is 1.29 bits per heavy atom. The normalized spacial score (nSPS) is 12.9. The molecule has 0 aliphatic carbocycles. The lowest BCUT2D eigenvalue weighted by molar-refractivity contribution is -0.126. The lowest BCUT2D eigenvalue weighted by Gasteiger charge is -2.22. The fraction of sp³-hybridized carbons (Fsp3) is 0.556. The molecule has 0 saturated carbocycles. The summed E-state index contributed by atoms with van der Waals surface area (Å²) >= 11 is 0. The third-order valence-electron chi connectivity index (χ3n) is 3.55. The fourth-order valence-corrected chi connectivity index (χ4v) is 2.36. The highest BCUT2D eigenvalue weighted by Gasteiger charge is 2.26. The summed E-state index contributed by atoms with van der Waals surface area (Å²) in [6.07, 6.45) is 1.99. The Balaban J connectivity index is 0.00000529. The standard InChI is InChI=1S/C18H29N3O2.ClH/c1-5-9-18(4,19)17(23)20-12-14-7-6-8-15(11-14)21-16(22)10-13(2)3;/h6-8,11,13H,5,9-10,12,19H2,1-4H3,(H,20,23)(H,21,22);1H. The van der Waals surface area contributed by atoms with Crippen LogP contribution in [0.3, 0.4) is 0 Å². The number of nitrogens with one attached hydrogen (secondary N) is 2. The number of hydrogen-bond donors (Lipinski definition) is 3. The van der Waals surface area contributed by atoms with Crippen LogP contribution in [0.4, 0.5) is 5.69 Å². The molecule has 4 N–H and O–H groups in total. The summed E-state index contributed by atoms with van der Waals surface area (Å²) in [6, 6.07) is 7.48. The molecule has 0 aromatic heterocycles. The van der Waals surface area contributed by atoms with Crippen molar-refractivity contribution < 1.29 is 9.59 Å². The number of halogens is 1. The maximum atomic E-state index is 12.1. The maximum Gasteiger partial charge on any atom is 0.240 e. The van der Waals surface area contributed by atoms with E-state index in [-0.39, 0.29) is 24.2 Å². The SMILES string of the molecule is CCCC(C)(N)C(=O)NCc1cccc(NC(=O)CC(C)C)c1.Cl. The molecule has 136 valence electrons. The lowest BCUT2D eigenvalue weighted by atomic mass is 9.96. The van der Waals surface area contributed by atoms with E-state index < -0.39 is 5.54 Å². The van der Waals surface area contributed by atoms with Crippen molar-refractivity contribution in [2.75, 3.05) is 5.32 Å². The van der Waals surface area contributed by atoms with E-state index in [2.05, 4.69) is 10.6 Å². The van der Waals surface area contributed by atoms with Gasteiger partial charge in [0.1, 0.15) is 0 Å². The summed E-state index contributed by atoms with van der Waals surface area (Å²) in [5, 5.41) is 5.74. The van der Waals surface area contributed by atoms with Gasteiger partial charge in [-0.25, -0.2) is 0 Å². The minimum Gasteiger partial charge on any atom is -0.350 e. The first kappa shape index (κ1) is 22.4. The van der Waals surface area contributed by atoms with Gasteiger partial charge in [0.25, 0.3) is 0 Å². The number of benzene rings is 1. The van der Waals surface area contributed by atoms with Gasteiger partial charge in [-0.2, -0.15) is 0 Å². The molecule has 0 spiro atoms. The number of carbonyl (C=O) groups excluding carboxylic acids is 2. The number of amides is 2. The average molecular weight is 356 g/mol. The van der Waals surface area contributed by atoms with Crippen LogP contribution in [0.1, 0.15) is 52.5 Å². The molecule has 0 heterocycles. The largest absolute Gasteiger partial charge is 0.350 e. The van der Waals surface area contributed by atoms with E-state index in [0.717, 1.165) is 17.7 Å². The predicted molar refractivity (Wildman–Crippen MR) is 101 cm³/mol. The molecule has 0 aliphatic rings. The van der Waals surface area contributed by atoms with Gasteiger partial charge in [-0.05, 0) is 37.0 Å². The van der Waals surface area contributed by atoms with Crippen molar-refractivity contribution in [2.24, 2.45) is 11.7 Å². The third kappa shape index (κ3) is 7.79. The number of nitrogens with two attached hydrogens (primary N) is 1. The predicted octanol–water partition coefficient (Wildman–Crippen LogP) is 3.23. The van der Waals surface area contributed by atoms with Crippen molar-refractivity contribution in [1.82, 2.24) is 5.32 Å². The van der Waals surface area contributed by atoms with Gasteiger partial charge in [-0.1, -0.05) is 39.3 Å². The van der Waals surface area contributed by atoms with E-state index in [1.54, 1.807) is 6.92 Å². The molecule has 1 aromatic carbocycles. The molecule has 5 nitrogen and oxygen atoms in total. The van der Waals surface area contributed by atoms with Crippen LogP contribution in [0.5, 0.6) is 0 Å². The first-order valence-corrected chi connectivity index (χ1v) is 8.20. The van der Waals surface area contributed by atoms with Crippen LogP contribution in [-0.4, -0.2) is 17.4 Å². The van der Waals surface area contributed by atoms with Crippen LogP contribution in [0.25, 0.3) is 0 Å². The second-order valence-electron chi connectivity index (χ2n) is 6.70. The van der Waals surface area contributed by atoms with Crippen molar-refractivity contribution in [3.05, 3.63) is 29.8 Å². The van der Waals surface area contributed by atoms with Crippen LogP contribution in [-0.2, 0) is 16.1 Å². The zero-order chi connectivity index (χ0) is 17.5. The molecule has 0 radical (unpaired) electrons. The number of rotatable bonds is 8. The summed E-state index contributed by atoms with van der Waals surface area (Å²) in [5.41, 5.74) is 6.82. The molecular weight excluding hydrogens is 326 g/mol. The van der Waals surface area contributed by atoms with Crippen molar-refractivity contribution in [3.63, 3.8) is 0 Å². The van der Waals surface area contributed by atoms with Gasteiger partial charge in [-0.15, -0.1) is 12.4 Å². The summed E-state index contributed by atoms with van der Waals surface area (Å²) in [5.74, 6) is 0.158. The van der Waals surface area contributed by atoms with E-state index in [1.165, 1.54) is 0 Å². The second kappa shape index (κ2) is 10.3. The van der Waals surface area contributed by atoms with Gasteiger partial charge in [0.15, 0.2) is 0 Å². The van der Waals surface area contributed by atoms with Crippen LogP contribution in [0, 0.1) is 5.92 Å². The summed E-state index contributed by atoms with van der Waals surface area (Å²) in [7, 11) is 0. The molecule has 2 amide bonds. The Hall–Kier alpha value is -1.59. The topological polar surface area (TPSA) is 84.2 Å². The highest BCUT2D eigenvalue weighted by molar-refractivity contribution is 5.91. The number of anilines is 1. The minimum absolute atomic E-state index is 0. The quantitative estimate of drug-likeness (QED) is 0.669. The minimum atomic E-state index is -0.849. The van der Waals surface area contributed by atoms with Gasteiger partial charge >= 0.3 is 0 Å². The molecule has 0 saturated heterocycles. The molecule has 1 atom stereocenters. The molecule has 0 bridgehead atoms. The molecule has 0 fully saturated rings. The summed E-state index contributed by atoms with van der Waals surface area (Å²) in [4.78, 5) is 23.9. The van der Waals surface area contributed by atoms with Crippen LogP contribution in [0.2, 0.25) is 0 Å². The summed E-state index contributed by atoms with van der Waals surface area (Å²) < 4.78 is 0. The maximum absolute atomic E-state index is 12.1. The van der Waals surface area contributed by atoms with Gasteiger partial charge in [-0.3, -0.25) is 9.59 Å². The van der Waals surface area contributed by atoms with Gasteiger partial charge < -0.3 is 16.4 Å². The molecule has 0 aliphatic heterocycles. The smallest absolute Gasteiger partial charge is 0.240 e. The Morgan fingerprint density at radius 3 is 2.54 bits per heavy atom. The second-order valence-corrected chi connectivity index (χ2v) is 6.70. The van der Waals surface area contributed by atoms with E-state index in [0.29, 0.717) is 25.3 Å². The Bertz CT molecular complexity index is 545. The molecule has 1 unspecified atom stereocenters. The third-order valence-corrected chi connectivity index (χ3v) is 3.55. The van der Waals surface area contributed by atoms with Gasteiger partial charge in [0.2, 0.25) is 11.8 Å². The van der Waals surface area contributed by atoms with Crippen LogP contribution < -0.4 is 16.4 Å². The molecule has 6 heteroatoms. The van der Waals surface area contributed by atoms with Gasteiger partial charge in [0, 0.05) is 18.7 Å². The van der Waals surface area contributed by atoms with E-state index in [4.69, 9.17) is 5.73 Å². The highest BCUT2D eigenvalue weighted by Crippen LogP contribution is 2.13. The van der Waals surface area contributed by atoms with E-state index in [1.807, 2.05) is 45.0 Å². The zero-order valence-electron chi connectivity index (χ0n) is 15.0. The van der Waals surface area contributed by atoms with E-state index in [9.17, 15) is 9.59 Å².